The average Bonchev–Trinajstić information content (AvgIpc) is 3.16. The molecule has 7 heteroatoms. The normalized spacial score (nSPS) is 12.3. The highest BCUT2D eigenvalue weighted by molar-refractivity contribution is 9.10. The lowest BCUT2D eigenvalue weighted by Crippen LogP contribution is -2.13. The van der Waals surface area contributed by atoms with Gasteiger partial charge >= 0.3 is 0 Å². The Kier molecular flexibility index (Phi) is 6.42. The summed E-state index contributed by atoms with van der Waals surface area (Å²) in [6.07, 6.45) is 1.70. The maximum atomic E-state index is 10.5. The summed E-state index contributed by atoms with van der Waals surface area (Å²) in [5, 5.41) is 19.2. The fourth-order valence-corrected chi connectivity index (χ4v) is 4.23. The van der Waals surface area contributed by atoms with Gasteiger partial charge in [-0.3, -0.25) is 4.99 Å². The monoisotopic (exact) mass is 481 g/mol. The molecule has 3 aromatic carbocycles. The predicted octanol–water partition coefficient (Wildman–Crippen LogP) is 5.27. The van der Waals surface area contributed by atoms with Crippen LogP contribution in [0.15, 0.2) is 80.6 Å². The van der Waals surface area contributed by atoms with Crippen LogP contribution in [0.25, 0.3) is 22.0 Å². The summed E-state index contributed by atoms with van der Waals surface area (Å²) >= 11 is 5.00. The van der Waals surface area contributed by atoms with Gasteiger partial charge in [-0.2, -0.15) is 5.10 Å². The molecule has 0 radical (unpaired) electrons. The number of rotatable bonds is 6. The Labute approximate surface area is 186 Å². The molecule has 0 aliphatic rings. The van der Waals surface area contributed by atoms with Crippen molar-refractivity contribution < 1.29 is 9.84 Å². The first-order valence-electron chi connectivity index (χ1n) is 9.38. The minimum Gasteiger partial charge on any atom is -0.507 e. The van der Waals surface area contributed by atoms with E-state index in [4.69, 9.17) is 9.84 Å². The summed E-state index contributed by atoms with van der Waals surface area (Å²) in [7, 11) is 1.66. The van der Waals surface area contributed by atoms with Gasteiger partial charge in [-0.15, -0.1) is 11.3 Å². The molecule has 30 heavy (non-hydrogen) atoms. The van der Waals surface area contributed by atoms with Crippen LogP contribution in [0.3, 0.4) is 0 Å². The molecule has 0 amide bonds. The Morgan fingerprint density at radius 3 is 2.70 bits per heavy atom. The number of fused-ring (bicyclic) bond motifs is 1. The van der Waals surface area contributed by atoms with Crippen molar-refractivity contribution in [2.75, 3.05) is 20.3 Å². The molecule has 1 N–H and O–H groups in total. The Morgan fingerprint density at radius 2 is 1.90 bits per heavy atom. The third kappa shape index (κ3) is 4.38. The maximum absolute atomic E-state index is 10.5. The molecule has 0 saturated carbocycles. The second-order valence-electron chi connectivity index (χ2n) is 6.56. The lowest BCUT2D eigenvalue weighted by molar-refractivity contribution is 0.207. The molecule has 152 valence electrons. The molecule has 4 aromatic rings. The molecular weight excluding hydrogens is 462 g/mol. The molecule has 0 bridgehead atoms. The predicted molar refractivity (Wildman–Crippen MR) is 126 cm³/mol. The third-order valence-corrected chi connectivity index (χ3v) is 6.00. The number of hydrogen-bond donors (Lipinski definition) is 1. The number of nitrogens with zero attached hydrogens (tertiary/aromatic N) is 3. The van der Waals surface area contributed by atoms with Crippen molar-refractivity contribution in [1.82, 2.24) is 4.68 Å². The number of thiazole rings is 1. The molecule has 4 rings (SSSR count). The average molecular weight is 482 g/mol. The van der Waals surface area contributed by atoms with Gasteiger partial charge in [0.25, 0.3) is 0 Å². The number of methoxy groups -OCH3 is 1. The minimum atomic E-state index is 0.191. The largest absolute Gasteiger partial charge is 0.507 e. The highest BCUT2D eigenvalue weighted by Gasteiger charge is 2.09. The SMILES string of the molecule is COCCN=c1scc(-c2ccc(Br)cc2)n1/N=C\c1c(O)ccc2ccccc12. The minimum absolute atomic E-state index is 0.191. The smallest absolute Gasteiger partial charge is 0.206 e. The number of aromatic nitrogens is 1. The van der Waals surface area contributed by atoms with E-state index in [-0.39, 0.29) is 5.75 Å². The fraction of sp³-hybridized carbons (Fsp3) is 0.130. The topological polar surface area (TPSA) is 59.1 Å². The van der Waals surface area contributed by atoms with Crippen molar-refractivity contribution in [2.45, 2.75) is 0 Å². The molecule has 0 atom stereocenters. The lowest BCUT2D eigenvalue weighted by Gasteiger charge is -2.06. The lowest BCUT2D eigenvalue weighted by atomic mass is 10.0. The van der Waals surface area contributed by atoms with Crippen LogP contribution in [0.4, 0.5) is 0 Å². The van der Waals surface area contributed by atoms with Crippen molar-refractivity contribution in [3.05, 3.63) is 80.9 Å². The van der Waals surface area contributed by atoms with Gasteiger partial charge in [-0.1, -0.05) is 58.4 Å². The third-order valence-electron chi connectivity index (χ3n) is 4.62. The zero-order chi connectivity index (χ0) is 20.9. The van der Waals surface area contributed by atoms with Gasteiger partial charge in [0, 0.05) is 28.1 Å². The first-order chi connectivity index (χ1) is 14.7. The van der Waals surface area contributed by atoms with Gasteiger partial charge in [0.1, 0.15) is 5.75 Å². The van der Waals surface area contributed by atoms with E-state index >= 15 is 0 Å². The first-order valence-corrected chi connectivity index (χ1v) is 11.1. The van der Waals surface area contributed by atoms with Crippen LogP contribution in [-0.4, -0.2) is 36.3 Å². The van der Waals surface area contributed by atoms with Gasteiger partial charge < -0.3 is 9.84 Å². The van der Waals surface area contributed by atoms with Gasteiger partial charge in [0.05, 0.1) is 25.1 Å². The second-order valence-corrected chi connectivity index (χ2v) is 8.31. The molecule has 0 aliphatic carbocycles. The number of hydrogen-bond acceptors (Lipinski definition) is 5. The van der Waals surface area contributed by atoms with E-state index in [1.807, 2.05) is 64.7 Å². The van der Waals surface area contributed by atoms with Crippen molar-refractivity contribution in [3.63, 3.8) is 0 Å². The van der Waals surface area contributed by atoms with Crippen LogP contribution in [-0.2, 0) is 4.74 Å². The van der Waals surface area contributed by atoms with E-state index in [0.717, 1.165) is 31.3 Å². The van der Waals surface area contributed by atoms with Crippen molar-refractivity contribution >= 4 is 44.3 Å². The maximum Gasteiger partial charge on any atom is 0.206 e. The highest BCUT2D eigenvalue weighted by atomic mass is 79.9. The van der Waals surface area contributed by atoms with E-state index in [1.165, 1.54) is 11.3 Å². The zero-order valence-electron chi connectivity index (χ0n) is 16.3. The number of phenols is 1. The van der Waals surface area contributed by atoms with Crippen LogP contribution in [0.1, 0.15) is 5.56 Å². The summed E-state index contributed by atoms with van der Waals surface area (Å²) in [4.78, 5) is 5.39. The molecule has 0 fully saturated rings. The van der Waals surface area contributed by atoms with E-state index in [0.29, 0.717) is 18.7 Å². The van der Waals surface area contributed by atoms with Gasteiger partial charge in [-0.25, -0.2) is 4.68 Å². The molecule has 5 nitrogen and oxygen atoms in total. The van der Waals surface area contributed by atoms with E-state index in [9.17, 15) is 5.11 Å². The number of benzene rings is 3. The molecule has 1 heterocycles. The molecule has 0 unspecified atom stereocenters. The van der Waals surface area contributed by atoms with Gasteiger partial charge in [-0.05, 0) is 29.0 Å². The van der Waals surface area contributed by atoms with Crippen molar-refractivity contribution in [3.8, 4) is 17.0 Å². The van der Waals surface area contributed by atoms with Crippen LogP contribution >= 0.6 is 27.3 Å². The Bertz CT molecular complexity index is 1260. The summed E-state index contributed by atoms with van der Waals surface area (Å²) in [5.41, 5.74) is 2.64. The number of phenolic OH excluding ortho intramolecular Hbond substituents is 1. The number of aromatic hydroxyl groups is 1. The first kappa shape index (κ1) is 20.5. The molecule has 0 saturated heterocycles. The van der Waals surface area contributed by atoms with Crippen LogP contribution in [0.2, 0.25) is 0 Å². The van der Waals surface area contributed by atoms with Crippen LogP contribution in [0, 0.1) is 0 Å². The van der Waals surface area contributed by atoms with Gasteiger partial charge in [0.2, 0.25) is 4.80 Å². The molecule has 0 aliphatic heterocycles. The van der Waals surface area contributed by atoms with Crippen molar-refractivity contribution in [2.24, 2.45) is 10.1 Å². The van der Waals surface area contributed by atoms with Gasteiger partial charge in [0.15, 0.2) is 0 Å². The quantitative estimate of drug-likeness (QED) is 0.301. The van der Waals surface area contributed by atoms with E-state index in [1.54, 1.807) is 19.4 Å². The summed E-state index contributed by atoms with van der Waals surface area (Å²) in [6.45, 7) is 1.09. The fourth-order valence-electron chi connectivity index (χ4n) is 3.11. The molecular formula is C23H20BrN3O2S. The standard InChI is InChI=1S/C23H20BrN3O2S/c1-29-13-12-25-23-27(21(15-30-23)17-6-9-18(24)10-7-17)26-14-20-19-5-3-2-4-16(19)8-11-22(20)28/h2-11,14-15,28H,12-13H2,1H3/b25-23?,26-14-. The van der Waals surface area contributed by atoms with Crippen LogP contribution in [0.5, 0.6) is 5.75 Å². The molecule has 1 aromatic heterocycles. The second kappa shape index (κ2) is 9.38. The van der Waals surface area contributed by atoms with E-state index < -0.39 is 0 Å². The summed E-state index contributed by atoms with van der Waals surface area (Å²) in [5.74, 6) is 0.191. The van der Waals surface area contributed by atoms with Crippen molar-refractivity contribution in [1.29, 1.82) is 0 Å². The Balaban J connectivity index is 1.83. The highest BCUT2D eigenvalue weighted by Crippen LogP contribution is 2.26. The summed E-state index contributed by atoms with van der Waals surface area (Å²) < 4.78 is 7.95. The Morgan fingerprint density at radius 1 is 1.10 bits per heavy atom. The number of halogens is 1. The Hall–Kier alpha value is -2.74. The summed E-state index contributed by atoms with van der Waals surface area (Å²) in [6, 6.07) is 19.6. The van der Waals surface area contributed by atoms with Crippen LogP contribution < -0.4 is 4.80 Å². The molecule has 0 spiro atoms. The number of ether oxygens (including phenoxy) is 1. The van der Waals surface area contributed by atoms with E-state index in [2.05, 4.69) is 20.9 Å². The zero-order valence-corrected chi connectivity index (χ0v) is 18.7.